The molecule has 0 aliphatic heterocycles. The summed E-state index contributed by atoms with van der Waals surface area (Å²) in [5, 5.41) is 31.5. The topological polar surface area (TPSA) is 94.8 Å². The zero-order valence-corrected chi connectivity index (χ0v) is 23.3. The Morgan fingerprint density at radius 2 is 1.75 bits per heavy atom. The van der Waals surface area contributed by atoms with Crippen LogP contribution in [-0.2, 0) is 9.59 Å². The molecule has 0 aromatic heterocycles. The van der Waals surface area contributed by atoms with Crippen molar-refractivity contribution >= 4 is 11.8 Å². The molecule has 0 unspecified atom stereocenters. The highest BCUT2D eigenvalue weighted by molar-refractivity contribution is 5.85. The lowest BCUT2D eigenvalue weighted by atomic mass is 9.43. The van der Waals surface area contributed by atoms with Crippen molar-refractivity contribution in [2.45, 2.75) is 105 Å². The summed E-state index contributed by atoms with van der Waals surface area (Å²) in [7, 11) is 0. The second kappa shape index (κ2) is 9.08. The number of aliphatic hydroxyl groups excluding tert-OH is 2. The Labute approximate surface area is 217 Å². The van der Waals surface area contributed by atoms with E-state index in [0.717, 1.165) is 37.7 Å². The number of rotatable bonds is 7. The smallest absolute Gasteiger partial charge is 0.306 e. The first-order chi connectivity index (χ1) is 16.7. The molecule has 0 aromatic rings. The van der Waals surface area contributed by atoms with Gasteiger partial charge in [-0.15, -0.1) is 0 Å². The van der Waals surface area contributed by atoms with E-state index in [1.807, 2.05) is 6.92 Å². The number of hydrogen-bond donors (Lipinski definition) is 3. The van der Waals surface area contributed by atoms with Gasteiger partial charge in [0.25, 0.3) is 0 Å². The fraction of sp³-hybridized carbons (Fsp3) is 0.806. The van der Waals surface area contributed by atoms with Crippen LogP contribution < -0.4 is 0 Å². The average Bonchev–Trinajstić information content (AvgIpc) is 3.02. The van der Waals surface area contributed by atoms with Crippen LogP contribution in [0.25, 0.3) is 0 Å². The van der Waals surface area contributed by atoms with E-state index in [-0.39, 0.29) is 34.7 Å². The van der Waals surface area contributed by atoms with Crippen LogP contribution in [0.15, 0.2) is 23.3 Å². The van der Waals surface area contributed by atoms with Crippen LogP contribution in [0, 0.1) is 45.3 Å². The lowest BCUT2D eigenvalue weighted by molar-refractivity contribution is -0.146. The Kier molecular flexibility index (Phi) is 6.95. The van der Waals surface area contributed by atoms with E-state index < -0.39 is 23.4 Å². The van der Waals surface area contributed by atoms with Gasteiger partial charge in [-0.05, 0) is 80.0 Å². The number of fused-ring (bicyclic) bond motifs is 4. The first kappa shape index (κ1) is 27.6. The highest BCUT2D eigenvalue weighted by atomic mass is 16.4. The van der Waals surface area contributed by atoms with Crippen LogP contribution in [0.2, 0.25) is 0 Å². The molecule has 4 rings (SSSR count). The SMILES string of the molecule is C=C(CC[C@@H](C(=O)O)[C@H]1C[C@H](O)[C@@]2(C)C3=C(CC[C@]12C)[C@@]1(C)CCC(=O)C(C)(C)[C@@H]1CC3)[C@@H](C)CO. The highest BCUT2D eigenvalue weighted by Gasteiger charge is 2.67. The van der Waals surface area contributed by atoms with E-state index >= 15 is 0 Å². The molecule has 202 valence electrons. The maximum atomic E-state index is 12.8. The van der Waals surface area contributed by atoms with Gasteiger partial charge in [-0.3, -0.25) is 9.59 Å². The quantitative estimate of drug-likeness (QED) is 0.376. The van der Waals surface area contributed by atoms with Crippen molar-refractivity contribution in [3.05, 3.63) is 23.3 Å². The van der Waals surface area contributed by atoms with Crippen LogP contribution in [0.4, 0.5) is 0 Å². The van der Waals surface area contributed by atoms with Gasteiger partial charge in [0.2, 0.25) is 0 Å². The summed E-state index contributed by atoms with van der Waals surface area (Å²) in [5.41, 5.74) is 2.62. The summed E-state index contributed by atoms with van der Waals surface area (Å²) in [6.45, 7) is 17.1. The molecule has 4 aliphatic carbocycles. The molecule has 0 heterocycles. The number of carboxylic acids is 1. The van der Waals surface area contributed by atoms with Crippen molar-refractivity contribution in [2.24, 2.45) is 45.3 Å². The van der Waals surface area contributed by atoms with Crippen LogP contribution in [0.1, 0.15) is 99.3 Å². The molecule has 36 heavy (non-hydrogen) atoms. The average molecular weight is 501 g/mol. The third-order valence-corrected chi connectivity index (χ3v) is 12.2. The number of Topliss-reactive ketones (excluding diaryl/α,β-unsaturated/α-hetero) is 1. The van der Waals surface area contributed by atoms with E-state index in [9.17, 15) is 24.9 Å². The summed E-state index contributed by atoms with van der Waals surface area (Å²) >= 11 is 0. The molecule has 0 radical (unpaired) electrons. The van der Waals surface area contributed by atoms with Gasteiger partial charge in [0, 0.05) is 23.9 Å². The van der Waals surface area contributed by atoms with Gasteiger partial charge in [-0.2, -0.15) is 0 Å². The molecule has 8 atom stereocenters. The number of allylic oxidation sites excluding steroid dienone is 1. The third-order valence-electron chi connectivity index (χ3n) is 12.2. The molecular formula is C31H48O5. The predicted molar refractivity (Wildman–Crippen MR) is 141 cm³/mol. The molecule has 0 aromatic carbocycles. The van der Waals surface area contributed by atoms with Crippen molar-refractivity contribution in [3.63, 3.8) is 0 Å². The zero-order chi connectivity index (χ0) is 26.8. The molecule has 0 amide bonds. The van der Waals surface area contributed by atoms with Gasteiger partial charge in [-0.25, -0.2) is 0 Å². The number of hydrogen-bond acceptors (Lipinski definition) is 4. The fourth-order valence-electron chi connectivity index (χ4n) is 9.39. The van der Waals surface area contributed by atoms with E-state index in [2.05, 4.69) is 41.2 Å². The van der Waals surface area contributed by atoms with Crippen molar-refractivity contribution in [1.82, 2.24) is 0 Å². The van der Waals surface area contributed by atoms with E-state index in [4.69, 9.17) is 0 Å². The van der Waals surface area contributed by atoms with Crippen LogP contribution >= 0.6 is 0 Å². The normalized spacial score (nSPS) is 41.2. The molecule has 0 spiro atoms. The standard InChI is InChI=1S/C31H48O5/c1-18(19(2)17-32)8-9-20(27(35)36)23-16-26(34)31(7)22-10-11-24-28(3,4)25(33)13-14-29(24,5)21(22)12-15-30(23,31)6/h19-20,23-24,26,32,34H,1,8-17H2,2-7H3,(H,35,36)/t19-,20+,23+,24-,26-,29+,30+,31+/m0/s1. The van der Waals surface area contributed by atoms with Crippen molar-refractivity contribution in [3.8, 4) is 0 Å². The van der Waals surface area contributed by atoms with Crippen molar-refractivity contribution in [2.75, 3.05) is 6.61 Å². The minimum absolute atomic E-state index is 0.0214. The molecular weight excluding hydrogens is 452 g/mol. The monoisotopic (exact) mass is 500 g/mol. The van der Waals surface area contributed by atoms with Crippen LogP contribution in [0.5, 0.6) is 0 Å². The van der Waals surface area contributed by atoms with Gasteiger partial charge in [-0.1, -0.05) is 64.8 Å². The predicted octanol–water partition coefficient (Wildman–Crippen LogP) is 5.94. The van der Waals surface area contributed by atoms with Gasteiger partial charge in [0.1, 0.15) is 5.78 Å². The van der Waals surface area contributed by atoms with Gasteiger partial charge >= 0.3 is 5.97 Å². The van der Waals surface area contributed by atoms with Crippen LogP contribution in [0.3, 0.4) is 0 Å². The summed E-state index contributed by atoms with van der Waals surface area (Å²) in [6.07, 6.45) is 6.16. The summed E-state index contributed by atoms with van der Waals surface area (Å²) < 4.78 is 0. The molecule has 2 fully saturated rings. The Balaban J connectivity index is 1.70. The molecule has 4 aliphatic rings. The Morgan fingerprint density at radius 3 is 2.36 bits per heavy atom. The number of aliphatic hydroxyl groups is 2. The first-order valence-electron chi connectivity index (χ1n) is 14.1. The first-order valence-corrected chi connectivity index (χ1v) is 14.1. The molecule has 0 bridgehead atoms. The number of ketones is 1. The molecule has 5 heteroatoms. The molecule has 2 saturated carbocycles. The number of aliphatic carboxylic acids is 1. The van der Waals surface area contributed by atoms with E-state index in [1.54, 1.807) is 0 Å². The third kappa shape index (κ3) is 3.70. The minimum atomic E-state index is -0.787. The molecule has 3 N–H and O–H groups in total. The van der Waals surface area contributed by atoms with Crippen molar-refractivity contribution < 1.29 is 24.9 Å². The maximum Gasteiger partial charge on any atom is 0.306 e. The lowest BCUT2D eigenvalue weighted by Gasteiger charge is -2.61. The summed E-state index contributed by atoms with van der Waals surface area (Å²) in [6, 6.07) is 0. The molecule has 5 nitrogen and oxygen atoms in total. The summed E-state index contributed by atoms with van der Waals surface area (Å²) in [5.74, 6) is -0.794. The Morgan fingerprint density at radius 1 is 1.08 bits per heavy atom. The minimum Gasteiger partial charge on any atom is -0.481 e. The van der Waals surface area contributed by atoms with E-state index in [0.29, 0.717) is 37.4 Å². The van der Waals surface area contributed by atoms with Crippen molar-refractivity contribution in [1.29, 1.82) is 0 Å². The lowest BCUT2D eigenvalue weighted by Crippen LogP contribution is -2.55. The molecule has 0 saturated heterocycles. The van der Waals surface area contributed by atoms with Crippen LogP contribution in [-0.4, -0.2) is 39.8 Å². The van der Waals surface area contributed by atoms with Gasteiger partial charge in [0.15, 0.2) is 0 Å². The number of carbonyl (C=O) groups is 2. The second-order valence-electron chi connectivity index (χ2n) is 13.8. The largest absolute Gasteiger partial charge is 0.481 e. The van der Waals surface area contributed by atoms with E-state index in [1.165, 1.54) is 11.1 Å². The number of carbonyl (C=O) groups excluding carboxylic acids is 1. The van der Waals surface area contributed by atoms with Gasteiger partial charge < -0.3 is 15.3 Å². The zero-order valence-electron chi connectivity index (χ0n) is 23.3. The second-order valence-corrected chi connectivity index (χ2v) is 13.8. The Hall–Kier alpha value is -1.46. The Bertz CT molecular complexity index is 977. The highest BCUT2D eigenvalue weighted by Crippen LogP contribution is 2.72. The maximum absolute atomic E-state index is 12.8. The summed E-state index contributed by atoms with van der Waals surface area (Å²) in [4.78, 5) is 25.4. The van der Waals surface area contributed by atoms with Gasteiger partial charge in [0.05, 0.1) is 12.0 Å². The number of carboxylic acid groups (broad SMARTS) is 1. The fourth-order valence-corrected chi connectivity index (χ4v) is 9.39.